The first kappa shape index (κ1) is 25.9. The minimum Gasteiger partial charge on any atom is -0.497 e. The summed E-state index contributed by atoms with van der Waals surface area (Å²) < 4.78 is 43.0. The van der Waals surface area contributed by atoms with Crippen LogP contribution in [0.3, 0.4) is 0 Å². The zero-order chi connectivity index (χ0) is 26.0. The number of methoxy groups -OCH3 is 2. The fourth-order valence-electron chi connectivity index (χ4n) is 5.56. The van der Waals surface area contributed by atoms with Gasteiger partial charge in [-0.2, -0.15) is 0 Å². The first-order valence-corrected chi connectivity index (χ1v) is 12.7. The van der Waals surface area contributed by atoms with Crippen LogP contribution in [0.4, 0.5) is 4.39 Å². The second-order valence-electron chi connectivity index (χ2n) is 10.1. The minimum atomic E-state index is -0.745. The quantitative estimate of drug-likeness (QED) is 0.460. The molecule has 37 heavy (non-hydrogen) atoms. The molecule has 2 aromatic carbocycles. The van der Waals surface area contributed by atoms with Crippen LogP contribution in [0.1, 0.15) is 46.8 Å². The lowest BCUT2D eigenvalue weighted by Gasteiger charge is -2.43. The van der Waals surface area contributed by atoms with Gasteiger partial charge in [-0.05, 0) is 53.8 Å². The molecule has 0 saturated carbocycles. The van der Waals surface area contributed by atoms with E-state index in [0.29, 0.717) is 56.9 Å². The van der Waals surface area contributed by atoms with Crippen LogP contribution in [0.2, 0.25) is 0 Å². The van der Waals surface area contributed by atoms with E-state index in [1.807, 2.05) is 41.3 Å². The normalized spacial score (nSPS) is 22.7. The van der Waals surface area contributed by atoms with Crippen LogP contribution in [-0.2, 0) is 37.7 Å². The number of carbonyl (C=O) groups excluding carboxylic acids is 1. The maximum Gasteiger partial charge on any atom is 0.255 e. The predicted molar refractivity (Wildman–Crippen MR) is 135 cm³/mol. The summed E-state index contributed by atoms with van der Waals surface area (Å²) in [6.45, 7) is 4.70. The number of halogens is 1. The Kier molecular flexibility index (Phi) is 7.36. The molecule has 0 N–H and O–H groups in total. The van der Waals surface area contributed by atoms with Gasteiger partial charge < -0.3 is 28.6 Å². The van der Waals surface area contributed by atoms with Gasteiger partial charge in [0.25, 0.3) is 5.91 Å². The Morgan fingerprint density at radius 3 is 2.46 bits per heavy atom. The van der Waals surface area contributed by atoms with E-state index in [-0.39, 0.29) is 18.4 Å². The fraction of sp³-hybridized carbons (Fsp3) is 0.483. The highest BCUT2D eigenvalue weighted by Crippen LogP contribution is 2.49. The van der Waals surface area contributed by atoms with Gasteiger partial charge in [-0.15, -0.1) is 0 Å². The summed E-state index contributed by atoms with van der Waals surface area (Å²) in [5.74, 6) is -0.491. The molecule has 1 saturated heterocycles. The molecule has 2 atom stereocenters. The third-order valence-corrected chi connectivity index (χ3v) is 7.48. The van der Waals surface area contributed by atoms with Gasteiger partial charge in [-0.1, -0.05) is 25.1 Å². The molecule has 1 unspecified atom stereocenters. The van der Waals surface area contributed by atoms with E-state index in [9.17, 15) is 9.18 Å². The van der Waals surface area contributed by atoms with Gasteiger partial charge in [0.1, 0.15) is 11.6 Å². The largest absolute Gasteiger partial charge is 0.497 e. The Bertz CT molecular complexity index is 1160. The molecule has 1 aliphatic carbocycles. The van der Waals surface area contributed by atoms with Gasteiger partial charge in [0.15, 0.2) is 5.79 Å². The summed E-state index contributed by atoms with van der Waals surface area (Å²) >= 11 is 0. The highest BCUT2D eigenvalue weighted by atomic mass is 19.1. The van der Waals surface area contributed by atoms with E-state index < -0.39 is 17.1 Å². The van der Waals surface area contributed by atoms with Gasteiger partial charge in [-0.25, -0.2) is 4.39 Å². The molecule has 7 nitrogen and oxygen atoms in total. The van der Waals surface area contributed by atoms with E-state index >= 15 is 0 Å². The van der Waals surface area contributed by atoms with Crippen LogP contribution in [-0.4, -0.2) is 57.2 Å². The van der Waals surface area contributed by atoms with Crippen LogP contribution < -0.4 is 4.74 Å². The molecule has 2 heterocycles. The van der Waals surface area contributed by atoms with Crippen molar-refractivity contribution in [1.82, 2.24) is 4.90 Å². The molecule has 8 heteroatoms. The van der Waals surface area contributed by atoms with Crippen LogP contribution >= 0.6 is 0 Å². The zero-order valence-electron chi connectivity index (χ0n) is 21.6. The summed E-state index contributed by atoms with van der Waals surface area (Å²) in [7, 11) is 3.17. The van der Waals surface area contributed by atoms with Crippen LogP contribution in [0.25, 0.3) is 0 Å². The van der Waals surface area contributed by atoms with Crippen molar-refractivity contribution in [1.29, 1.82) is 0 Å². The van der Waals surface area contributed by atoms with Crippen molar-refractivity contribution in [2.45, 2.75) is 44.3 Å². The fourth-order valence-corrected chi connectivity index (χ4v) is 5.56. The molecule has 2 spiro atoms. The zero-order valence-corrected chi connectivity index (χ0v) is 21.6. The van der Waals surface area contributed by atoms with Crippen molar-refractivity contribution >= 4 is 5.91 Å². The van der Waals surface area contributed by atoms with Crippen LogP contribution in [0, 0.1) is 11.7 Å². The lowest BCUT2D eigenvalue weighted by Crippen LogP contribution is -2.49. The van der Waals surface area contributed by atoms with Crippen molar-refractivity contribution in [3.05, 3.63) is 76.6 Å². The lowest BCUT2D eigenvalue weighted by molar-refractivity contribution is -0.132. The number of benzene rings is 2. The maximum absolute atomic E-state index is 14.8. The molecular formula is C29H34FNO6. The molecule has 1 fully saturated rings. The third kappa shape index (κ3) is 4.91. The molecule has 5 rings (SSSR count). The number of hydrogen-bond donors (Lipinski definition) is 0. The highest BCUT2D eigenvalue weighted by molar-refractivity contribution is 6.00. The average molecular weight is 512 g/mol. The van der Waals surface area contributed by atoms with E-state index in [1.165, 1.54) is 13.2 Å². The Balaban J connectivity index is 1.36. The van der Waals surface area contributed by atoms with E-state index in [1.54, 1.807) is 13.2 Å². The number of carbonyl (C=O) groups is 1. The molecule has 0 aromatic heterocycles. The minimum absolute atomic E-state index is 0.0555. The van der Waals surface area contributed by atoms with E-state index in [4.69, 9.17) is 23.7 Å². The van der Waals surface area contributed by atoms with Crippen molar-refractivity contribution in [2.24, 2.45) is 5.92 Å². The number of ether oxygens (including phenoxy) is 5. The summed E-state index contributed by atoms with van der Waals surface area (Å²) in [6.07, 6.45) is 5.17. The van der Waals surface area contributed by atoms with Crippen LogP contribution in [0.5, 0.6) is 5.75 Å². The first-order valence-electron chi connectivity index (χ1n) is 12.7. The first-order chi connectivity index (χ1) is 17.9. The Morgan fingerprint density at radius 2 is 1.81 bits per heavy atom. The number of rotatable bonds is 9. The number of fused-ring (bicyclic) bond motifs is 2. The van der Waals surface area contributed by atoms with Crippen molar-refractivity contribution in [3.63, 3.8) is 0 Å². The molecule has 2 aromatic rings. The van der Waals surface area contributed by atoms with Crippen molar-refractivity contribution in [2.75, 3.05) is 40.6 Å². The SMILES string of the molecule is COCc1cc2c(cc1F)C(=O)N(C[C@@H](C)COCc1ccc(OC)cc1)C21C=CC2(CC1)OCCO2. The molecular weight excluding hydrogens is 477 g/mol. The second kappa shape index (κ2) is 10.5. The molecule has 0 bridgehead atoms. The Labute approximate surface area is 217 Å². The molecule has 198 valence electrons. The van der Waals surface area contributed by atoms with Crippen molar-refractivity contribution in [3.8, 4) is 5.75 Å². The number of amides is 1. The van der Waals surface area contributed by atoms with Gasteiger partial charge >= 0.3 is 0 Å². The number of hydrogen-bond acceptors (Lipinski definition) is 6. The Hall–Kier alpha value is -2.78. The summed E-state index contributed by atoms with van der Waals surface area (Å²) in [5.41, 5.74) is 1.99. The summed E-state index contributed by atoms with van der Waals surface area (Å²) in [4.78, 5) is 15.5. The topological polar surface area (TPSA) is 66.5 Å². The maximum atomic E-state index is 14.8. The van der Waals surface area contributed by atoms with Gasteiger partial charge in [0.05, 0.1) is 45.7 Å². The van der Waals surface area contributed by atoms with Gasteiger partial charge in [0.2, 0.25) is 0 Å². The highest BCUT2D eigenvalue weighted by Gasteiger charge is 2.53. The standard InChI is InChI=1S/C29H34FNO6/c1-20(17-35-18-21-4-6-23(34-3)7-5-21)16-31-27(32)24-15-26(30)22(19-33-2)14-25(24)28(31)8-10-29(11-9-28)36-12-13-37-29/h4-8,10,14-15,20H,9,11-13,16-19H2,1-3H3/t20-,28?/m1/s1. The predicted octanol–water partition coefficient (Wildman–Crippen LogP) is 4.58. The molecule has 3 aliphatic rings. The van der Waals surface area contributed by atoms with E-state index in [0.717, 1.165) is 16.9 Å². The second-order valence-corrected chi connectivity index (χ2v) is 10.1. The lowest BCUT2D eigenvalue weighted by atomic mass is 9.78. The summed E-state index contributed by atoms with van der Waals surface area (Å²) in [6, 6.07) is 10.9. The molecule has 0 radical (unpaired) electrons. The third-order valence-electron chi connectivity index (χ3n) is 7.48. The molecule has 2 aliphatic heterocycles. The Morgan fingerprint density at radius 1 is 1.05 bits per heavy atom. The average Bonchev–Trinajstić information content (AvgIpc) is 3.44. The summed E-state index contributed by atoms with van der Waals surface area (Å²) in [5, 5.41) is 0. The monoisotopic (exact) mass is 511 g/mol. The number of nitrogens with zero attached hydrogens (tertiary/aromatic N) is 1. The van der Waals surface area contributed by atoms with Gasteiger partial charge in [0, 0.05) is 31.2 Å². The smallest absolute Gasteiger partial charge is 0.255 e. The van der Waals surface area contributed by atoms with Crippen molar-refractivity contribution < 1.29 is 32.9 Å². The molecule has 1 amide bonds. The van der Waals surface area contributed by atoms with Gasteiger partial charge in [-0.3, -0.25) is 4.79 Å². The van der Waals surface area contributed by atoms with Crippen LogP contribution in [0.15, 0.2) is 48.6 Å². The van der Waals surface area contributed by atoms with E-state index in [2.05, 4.69) is 6.92 Å².